The largest absolute Gasteiger partial charge is 0.418 e. The average Bonchev–Trinajstić information content (AvgIpc) is 3.38. The Balaban J connectivity index is 1.27. The molecule has 0 spiro atoms. The van der Waals surface area contributed by atoms with Gasteiger partial charge in [0.15, 0.2) is 0 Å². The van der Waals surface area contributed by atoms with Crippen molar-refractivity contribution in [2.24, 2.45) is 4.99 Å². The van der Waals surface area contributed by atoms with Gasteiger partial charge in [-0.15, -0.1) is 11.3 Å². The highest BCUT2D eigenvalue weighted by atomic mass is 32.1. The molecule has 0 unspecified atom stereocenters. The summed E-state index contributed by atoms with van der Waals surface area (Å²) in [5, 5.41) is 8.30. The number of hydrogen-bond acceptors (Lipinski definition) is 6. The number of aromatic nitrogens is 2. The zero-order chi connectivity index (χ0) is 27.3. The summed E-state index contributed by atoms with van der Waals surface area (Å²) in [4.78, 5) is 25.0. The van der Waals surface area contributed by atoms with Crippen LogP contribution in [0.3, 0.4) is 0 Å². The van der Waals surface area contributed by atoms with Crippen LogP contribution in [0.1, 0.15) is 44.9 Å². The van der Waals surface area contributed by atoms with E-state index in [0.717, 1.165) is 46.6 Å². The van der Waals surface area contributed by atoms with Crippen molar-refractivity contribution < 1.29 is 18.0 Å². The fourth-order valence-corrected chi connectivity index (χ4v) is 5.45. The van der Waals surface area contributed by atoms with E-state index in [1.165, 1.54) is 29.2 Å². The number of rotatable bonds is 5. The molecule has 0 bridgehead atoms. The highest BCUT2D eigenvalue weighted by molar-refractivity contribution is 7.12. The number of nitrogens with zero attached hydrogens (tertiary/aromatic N) is 4. The van der Waals surface area contributed by atoms with Crippen molar-refractivity contribution in [1.82, 2.24) is 14.9 Å². The van der Waals surface area contributed by atoms with Crippen molar-refractivity contribution in [2.75, 3.05) is 16.9 Å². The molecule has 3 heterocycles. The topological polar surface area (TPSA) is 74.6 Å². The Bertz CT molecular complexity index is 1600. The van der Waals surface area contributed by atoms with Crippen LogP contribution in [0.4, 0.5) is 30.2 Å². The number of aryl methyl sites for hydroxylation is 2. The van der Waals surface area contributed by atoms with Gasteiger partial charge >= 0.3 is 6.18 Å². The van der Waals surface area contributed by atoms with Crippen molar-refractivity contribution in [3.8, 4) is 5.69 Å². The number of benzene rings is 2. The fraction of sp³-hybridized carbons (Fsp3) is 0.250. The molecule has 1 saturated carbocycles. The number of carbonyl (C=O) groups is 1. The standard InChI is InChI=1S/C28H25F3N6OS/c1-16-3-5-20(12-24(16)37-15-33-26(34-19-6-7-19)25-23(37)9-10-39-25)35-27(38)18-4-8-22(21(11-18)28(29,30)31)36-13-17(2)32-14-36/h3-5,8-14,19H,6-7,15H2,1-2H3,(H,33,34)(H,35,38). The molecule has 4 aromatic rings. The van der Waals surface area contributed by atoms with E-state index >= 15 is 0 Å². The van der Waals surface area contributed by atoms with Gasteiger partial charge in [-0.1, -0.05) is 6.07 Å². The molecule has 2 N–H and O–H groups in total. The minimum absolute atomic E-state index is 0.0926. The first-order valence-corrected chi connectivity index (χ1v) is 13.4. The van der Waals surface area contributed by atoms with Crippen LogP contribution >= 0.6 is 11.3 Å². The Kier molecular flexibility index (Phi) is 6.17. The smallest absolute Gasteiger partial charge is 0.366 e. The summed E-state index contributed by atoms with van der Waals surface area (Å²) in [6.07, 6.45) is 0.483. The number of amides is 1. The minimum Gasteiger partial charge on any atom is -0.366 e. The molecule has 0 atom stereocenters. The third kappa shape index (κ3) is 5.01. The Morgan fingerprint density at radius 3 is 2.59 bits per heavy atom. The number of nitrogens with one attached hydrogen (secondary N) is 2. The third-order valence-corrected chi connectivity index (χ3v) is 7.66. The van der Waals surface area contributed by atoms with E-state index in [9.17, 15) is 18.0 Å². The Labute approximate surface area is 227 Å². The SMILES string of the molecule is Cc1cn(-c2ccc(C(=O)Nc3ccc(C)c(N4CN=C(NC5CC5)c5sccc54)c3)cc2C(F)(F)F)cn1. The predicted molar refractivity (Wildman–Crippen MR) is 146 cm³/mol. The van der Waals surface area contributed by atoms with Gasteiger partial charge in [0.05, 0.1) is 33.8 Å². The molecule has 1 amide bonds. The van der Waals surface area contributed by atoms with Gasteiger partial charge in [-0.2, -0.15) is 13.2 Å². The predicted octanol–water partition coefficient (Wildman–Crippen LogP) is 6.43. The molecule has 39 heavy (non-hydrogen) atoms. The normalized spacial score (nSPS) is 15.1. The second kappa shape index (κ2) is 9.57. The van der Waals surface area contributed by atoms with Crippen molar-refractivity contribution >= 4 is 40.1 Å². The van der Waals surface area contributed by atoms with Gasteiger partial charge in [0.25, 0.3) is 5.91 Å². The molecule has 11 heteroatoms. The second-order valence-corrected chi connectivity index (χ2v) is 10.7. The first-order chi connectivity index (χ1) is 18.7. The van der Waals surface area contributed by atoms with Crippen LogP contribution in [0.5, 0.6) is 0 Å². The number of alkyl halides is 3. The van der Waals surface area contributed by atoms with Crippen LogP contribution in [0, 0.1) is 13.8 Å². The molecule has 2 aliphatic rings. The quantitative estimate of drug-likeness (QED) is 0.300. The Morgan fingerprint density at radius 2 is 1.87 bits per heavy atom. The number of halogens is 3. The summed E-state index contributed by atoms with van der Waals surface area (Å²) in [7, 11) is 0. The molecule has 7 nitrogen and oxygen atoms in total. The van der Waals surface area contributed by atoms with E-state index in [1.54, 1.807) is 24.3 Å². The van der Waals surface area contributed by atoms with Crippen molar-refractivity contribution in [2.45, 2.75) is 38.9 Å². The van der Waals surface area contributed by atoms with Crippen molar-refractivity contribution in [3.05, 3.63) is 87.6 Å². The van der Waals surface area contributed by atoms with Crippen molar-refractivity contribution in [1.29, 1.82) is 0 Å². The molecule has 0 radical (unpaired) electrons. The van der Waals surface area contributed by atoms with Crippen LogP contribution in [-0.2, 0) is 6.18 Å². The number of thiophene rings is 1. The first kappa shape index (κ1) is 25.2. The summed E-state index contributed by atoms with van der Waals surface area (Å²) in [6, 6.07) is 11.5. The molecule has 6 rings (SSSR count). The van der Waals surface area contributed by atoms with Gasteiger partial charge in [-0.25, -0.2) is 9.98 Å². The van der Waals surface area contributed by atoms with Crippen LogP contribution in [0.25, 0.3) is 5.69 Å². The maximum atomic E-state index is 13.9. The van der Waals surface area contributed by atoms with E-state index in [0.29, 0.717) is 24.1 Å². The Hall–Kier alpha value is -4.12. The van der Waals surface area contributed by atoms with Crippen molar-refractivity contribution in [3.63, 3.8) is 0 Å². The molecule has 0 saturated heterocycles. The second-order valence-electron chi connectivity index (χ2n) is 9.74. The molecule has 1 aliphatic carbocycles. The zero-order valence-corrected chi connectivity index (χ0v) is 22.0. The van der Waals surface area contributed by atoms with E-state index in [4.69, 9.17) is 4.99 Å². The highest BCUT2D eigenvalue weighted by Gasteiger charge is 2.35. The average molecular weight is 551 g/mol. The summed E-state index contributed by atoms with van der Waals surface area (Å²) in [5.74, 6) is 0.281. The fourth-order valence-electron chi connectivity index (χ4n) is 4.58. The van der Waals surface area contributed by atoms with E-state index in [2.05, 4.69) is 26.6 Å². The number of anilines is 3. The molecule has 1 aliphatic heterocycles. The maximum absolute atomic E-state index is 13.9. The summed E-state index contributed by atoms with van der Waals surface area (Å²) in [5.41, 5.74) is 2.85. The van der Waals surface area contributed by atoms with E-state index in [1.807, 2.05) is 24.4 Å². The van der Waals surface area contributed by atoms with E-state index < -0.39 is 17.6 Å². The summed E-state index contributed by atoms with van der Waals surface area (Å²) >= 11 is 1.62. The van der Waals surface area contributed by atoms with E-state index in [-0.39, 0.29) is 11.3 Å². The van der Waals surface area contributed by atoms with Gasteiger partial charge in [-0.3, -0.25) is 4.79 Å². The van der Waals surface area contributed by atoms with Gasteiger partial charge in [-0.05, 0) is 74.0 Å². The monoisotopic (exact) mass is 550 g/mol. The number of carbonyl (C=O) groups excluding carboxylic acids is 1. The van der Waals surface area contributed by atoms with Gasteiger partial charge < -0.3 is 20.1 Å². The lowest BCUT2D eigenvalue weighted by Gasteiger charge is -2.29. The molecule has 2 aromatic heterocycles. The third-order valence-electron chi connectivity index (χ3n) is 6.75. The first-order valence-electron chi connectivity index (χ1n) is 12.5. The minimum atomic E-state index is -4.65. The molecule has 200 valence electrons. The summed E-state index contributed by atoms with van der Waals surface area (Å²) < 4.78 is 43.1. The van der Waals surface area contributed by atoms with Gasteiger partial charge in [0.1, 0.15) is 12.5 Å². The number of amidine groups is 1. The Morgan fingerprint density at radius 1 is 1.05 bits per heavy atom. The van der Waals surface area contributed by atoms with Crippen LogP contribution in [0.15, 0.2) is 65.4 Å². The molecule has 2 aromatic carbocycles. The van der Waals surface area contributed by atoms with Crippen LogP contribution in [0.2, 0.25) is 0 Å². The number of fused-ring (bicyclic) bond motifs is 1. The molecule has 1 fully saturated rings. The lowest BCUT2D eigenvalue weighted by molar-refractivity contribution is -0.137. The lowest BCUT2D eigenvalue weighted by Crippen LogP contribution is -2.33. The number of imidazole rings is 1. The number of aliphatic imine (C=N–C) groups is 1. The maximum Gasteiger partial charge on any atom is 0.418 e. The molecular formula is C28H25F3N6OS. The van der Waals surface area contributed by atoms with Gasteiger partial charge in [0, 0.05) is 29.2 Å². The lowest BCUT2D eigenvalue weighted by atomic mass is 10.1. The summed E-state index contributed by atoms with van der Waals surface area (Å²) in [6.45, 7) is 4.09. The molecular weight excluding hydrogens is 525 g/mol. The highest BCUT2D eigenvalue weighted by Crippen LogP contribution is 2.39. The zero-order valence-electron chi connectivity index (χ0n) is 21.2. The van der Waals surface area contributed by atoms with Crippen LogP contribution < -0.4 is 15.5 Å². The number of hydrogen-bond donors (Lipinski definition) is 2. The van der Waals surface area contributed by atoms with Crippen LogP contribution in [-0.4, -0.2) is 34.0 Å². The van der Waals surface area contributed by atoms with Gasteiger partial charge in [0.2, 0.25) is 0 Å².